The second-order valence-corrected chi connectivity index (χ2v) is 3.96. The van der Waals surface area contributed by atoms with Gasteiger partial charge in [-0.15, -0.1) is 0 Å². The molecule has 6 heteroatoms. The van der Waals surface area contributed by atoms with E-state index in [4.69, 9.17) is 15.6 Å². The number of likely N-dealkylation sites (N-methyl/N-ethyl adjacent to an activating group) is 1. The number of rotatable bonds is 6. The van der Waals surface area contributed by atoms with Crippen molar-refractivity contribution in [3.63, 3.8) is 0 Å². The van der Waals surface area contributed by atoms with Crippen LogP contribution in [0.25, 0.3) is 0 Å². The first-order valence-corrected chi connectivity index (χ1v) is 5.65. The summed E-state index contributed by atoms with van der Waals surface area (Å²) in [6, 6.07) is 0. The molecule has 0 aromatic rings. The van der Waals surface area contributed by atoms with E-state index in [1.807, 2.05) is 0 Å². The first-order valence-electron chi connectivity index (χ1n) is 5.65. The molecular formula is C10H21N3O3. The summed E-state index contributed by atoms with van der Waals surface area (Å²) in [6.07, 6.45) is -1.00. The Labute approximate surface area is 95.7 Å². The fraction of sp³-hybridized carbons (Fsp3) is 0.900. The molecule has 94 valence electrons. The molecule has 16 heavy (non-hydrogen) atoms. The number of carbonyl (C=O) groups is 1. The SMILES string of the molecule is CCN1CCOC(CNCC(O)C(N)=O)C1. The van der Waals surface area contributed by atoms with Gasteiger partial charge in [-0.05, 0) is 6.54 Å². The van der Waals surface area contributed by atoms with Crippen molar-refractivity contribution < 1.29 is 14.6 Å². The number of aliphatic hydroxyl groups excluding tert-OH is 1. The van der Waals surface area contributed by atoms with E-state index >= 15 is 0 Å². The lowest BCUT2D eigenvalue weighted by Crippen LogP contribution is -2.48. The topological polar surface area (TPSA) is 87.8 Å². The number of ether oxygens (including phenoxy) is 1. The third-order valence-electron chi connectivity index (χ3n) is 2.71. The Bertz CT molecular complexity index is 225. The standard InChI is InChI=1S/C10H21N3O3/c1-2-13-3-4-16-8(7-13)5-12-6-9(14)10(11)15/h8-9,12,14H,2-7H2,1H3,(H2,11,15). The molecule has 1 aliphatic rings. The summed E-state index contributed by atoms with van der Waals surface area (Å²) in [6.45, 7) is 6.53. The summed E-state index contributed by atoms with van der Waals surface area (Å²) in [5.74, 6) is -0.702. The van der Waals surface area contributed by atoms with Crippen LogP contribution < -0.4 is 11.1 Å². The predicted octanol–water partition coefficient (Wildman–Crippen LogP) is -1.86. The van der Waals surface area contributed by atoms with Crippen molar-refractivity contribution >= 4 is 5.91 Å². The number of nitrogens with two attached hydrogens (primary N) is 1. The van der Waals surface area contributed by atoms with E-state index in [0.717, 1.165) is 26.2 Å². The van der Waals surface area contributed by atoms with E-state index in [-0.39, 0.29) is 12.6 Å². The van der Waals surface area contributed by atoms with Gasteiger partial charge in [0.2, 0.25) is 5.91 Å². The second kappa shape index (κ2) is 6.80. The summed E-state index contributed by atoms with van der Waals surface area (Å²) in [4.78, 5) is 12.9. The molecule has 0 aromatic carbocycles. The lowest BCUT2D eigenvalue weighted by molar-refractivity contribution is -0.125. The molecule has 1 amide bonds. The number of nitrogens with zero attached hydrogens (tertiary/aromatic N) is 1. The normalized spacial score (nSPS) is 24.2. The van der Waals surface area contributed by atoms with Crippen LogP contribution in [0.3, 0.4) is 0 Å². The molecule has 1 fully saturated rings. The maximum Gasteiger partial charge on any atom is 0.247 e. The molecule has 1 rings (SSSR count). The van der Waals surface area contributed by atoms with E-state index in [1.165, 1.54) is 0 Å². The van der Waals surface area contributed by atoms with Crippen molar-refractivity contribution in [3.8, 4) is 0 Å². The Kier molecular flexibility index (Phi) is 5.68. The maximum atomic E-state index is 10.6. The number of nitrogens with one attached hydrogen (secondary N) is 1. The zero-order valence-corrected chi connectivity index (χ0v) is 9.69. The number of aliphatic hydroxyl groups is 1. The minimum absolute atomic E-state index is 0.119. The van der Waals surface area contributed by atoms with Crippen LogP contribution in [0, 0.1) is 0 Å². The molecule has 0 spiro atoms. The van der Waals surface area contributed by atoms with Crippen LogP contribution in [0.5, 0.6) is 0 Å². The van der Waals surface area contributed by atoms with Gasteiger partial charge < -0.3 is 20.9 Å². The Morgan fingerprint density at radius 3 is 3.12 bits per heavy atom. The summed E-state index contributed by atoms with van der Waals surface area (Å²) < 4.78 is 5.55. The van der Waals surface area contributed by atoms with Gasteiger partial charge in [0.1, 0.15) is 6.10 Å². The van der Waals surface area contributed by atoms with Gasteiger partial charge in [0, 0.05) is 26.2 Å². The first kappa shape index (κ1) is 13.4. The van der Waals surface area contributed by atoms with E-state index in [1.54, 1.807) is 0 Å². The zero-order chi connectivity index (χ0) is 12.0. The Morgan fingerprint density at radius 1 is 1.75 bits per heavy atom. The Morgan fingerprint density at radius 2 is 2.50 bits per heavy atom. The average molecular weight is 231 g/mol. The van der Waals surface area contributed by atoms with Gasteiger partial charge in [0.05, 0.1) is 12.7 Å². The molecule has 0 aromatic heterocycles. The average Bonchev–Trinajstić information content (AvgIpc) is 2.29. The van der Waals surface area contributed by atoms with Crippen molar-refractivity contribution in [2.75, 3.05) is 39.3 Å². The van der Waals surface area contributed by atoms with Crippen LogP contribution in [-0.2, 0) is 9.53 Å². The minimum Gasteiger partial charge on any atom is -0.382 e. The van der Waals surface area contributed by atoms with Crippen LogP contribution in [-0.4, -0.2) is 67.5 Å². The summed E-state index contributed by atoms with van der Waals surface area (Å²) in [5, 5.41) is 12.1. The molecule has 1 heterocycles. The maximum absolute atomic E-state index is 10.6. The van der Waals surface area contributed by atoms with E-state index < -0.39 is 12.0 Å². The summed E-state index contributed by atoms with van der Waals surface area (Å²) >= 11 is 0. The van der Waals surface area contributed by atoms with Gasteiger partial charge in [0.25, 0.3) is 0 Å². The number of morpholine rings is 1. The van der Waals surface area contributed by atoms with Gasteiger partial charge in [-0.3, -0.25) is 9.69 Å². The first-order chi connectivity index (χ1) is 7.63. The molecule has 1 aliphatic heterocycles. The van der Waals surface area contributed by atoms with Crippen molar-refractivity contribution in [1.82, 2.24) is 10.2 Å². The van der Waals surface area contributed by atoms with Gasteiger partial charge >= 0.3 is 0 Å². The fourth-order valence-corrected chi connectivity index (χ4v) is 1.67. The second-order valence-electron chi connectivity index (χ2n) is 3.96. The van der Waals surface area contributed by atoms with Crippen molar-refractivity contribution in [3.05, 3.63) is 0 Å². The van der Waals surface area contributed by atoms with Crippen LogP contribution >= 0.6 is 0 Å². The van der Waals surface area contributed by atoms with Gasteiger partial charge in [-0.2, -0.15) is 0 Å². The molecule has 0 bridgehead atoms. The van der Waals surface area contributed by atoms with E-state index in [0.29, 0.717) is 6.54 Å². The number of amides is 1. The Hall–Kier alpha value is -0.690. The van der Waals surface area contributed by atoms with Gasteiger partial charge in [0.15, 0.2) is 0 Å². The highest BCUT2D eigenvalue weighted by Crippen LogP contribution is 2.03. The third-order valence-corrected chi connectivity index (χ3v) is 2.71. The molecule has 2 unspecified atom stereocenters. The molecule has 6 nitrogen and oxygen atoms in total. The van der Waals surface area contributed by atoms with Crippen molar-refractivity contribution in [2.45, 2.75) is 19.1 Å². The summed E-state index contributed by atoms with van der Waals surface area (Å²) in [5.41, 5.74) is 4.93. The monoisotopic (exact) mass is 231 g/mol. The highest BCUT2D eigenvalue weighted by atomic mass is 16.5. The fourth-order valence-electron chi connectivity index (χ4n) is 1.67. The minimum atomic E-state index is -1.12. The molecule has 0 aliphatic carbocycles. The molecule has 1 saturated heterocycles. The van der Waals surface area contributed by atoms with Crippen molar-refractivity contribution in [1.29, 1.82) is 0 Å². The summed E-state index contributed by atoms with van der Waals surface area (Å²) in [7, 11) is 0. The smallest absolute Gasteiger partial charge is 0.247 e. The lowest BCUT2D eigenvalue weighted by atomic mass is 10.2. The molecule has 4 N–H and O–H groups in total. The van der Waals surface area contributed by atoms with Crippen LogP contribution in [0.15, 0.2) is 0 Å². The van der Waals surface area contributed by atoms with E-state index in [2.05, 4.69) is 17.1 Å². The number of hydrogen-bond donors (Lipinski definition) is 3. The molecular weight excluding hydrogens is 210 g/mol. The van der Waals surface area contributed by atoms with Crippen LogP contribution in [0.2, 0.25) is 0 Å². The van der Waals surface area contributed by atoms with Gasteiger partial charge in [-0.1, -0.05) is 6.92 Å². The zero-order valence-electron chi connectivity index (χ0n) is 9.69. The lowest BCUT2D eigenvalue weighted by Gasteiger charge is -2.32. The third kappa shape index (κ3) is 4.44. The highest BCUT2D eigenvalue weighted by Gasteiger charge is 2.19. The van der Waals surface area contributed by atoms with Crippen LogP contribution in [0.4, 0.5) is 0 Å². The van der Waals surface area contributed by atoms with Crippen molar-refractivity contribution in [2.24, 2.45) is 5.73 Å². The number of primary amides is 1. The number of carbonyl (C=O) groups excluding carboxylic acids is 1. The largest absolute Gasteiger partial charge is 0.382 e. The van der Waals surface area contributed by atoms with Crippen LogP contribution in [0.1, 0.15) is 6.92 Å². The molecule has 0 radical (unpaired) electrons. The van der Waals surface area contributed by atoms with Gasteiger partial charge in [-0.25, -0.2) is 0 Å². The van der Waals surface area contributed by atoms with E-state index in [9.17, 15) is 4.79 Å². The number of hydrogen-bond acceptors (Lipinski definition) is 5. The molecule has 0 saturated carbocycles. The molecule has 2 atom stereocenters. The predicted molar refractivity (Wildman–Crippen MR) is 59.9 cm³/mol. The highest BCUT2D eigenvalue weighted by molar-refractivity contribution is 5.78. The Balaban J connectivity index is 2.15. The quantitative estimate of drug-likeness (QED) is 0.499.